The topological polar surface area (TPSA) is 135 Å². The van der Waals surface area contributed by atoms with Gasteiger partial charge in [-0.2, -0.15) is 0 Å². The second-order valence-electron chi connectivity index (χ2n) is 5.39. The Morgan fingerprint density at radius 3 is 2.54 bits per heavy atom. The molecule has 2 atom stereocenters. The number of non-ortho nitro benzene ring substituents is 1. The number of carboxylic acids is 1. The molecule has 0 aromatic heterocycles. The zero-order valence-electron chi connectivity index (χ0n) is 12.7. The molecule has 0 saturated carbocycles. The zero-order chi connectivity index (χ0) is 18.0. The van der Waals surface area contributed by atoms with Crippen LogP contribution in [0.2, 0.25) is 0 Å². The quantitative estimate of drug-likeness (QED) is 0.350. The number of nitro benzene ring substituents is 1. The lowest BCUT2D eigenvalue weighted by Gasteiger charge is -2.26. The molecule has 1 heterocycles. The number of benzene rings is 1. The number of carboxylic acid groups (broad SMARTS) is 1. The van der Waals surface area contributed by atoms with Crippen LogP contribution in [-0.2, 0) is 19.2 Å². The van der Waals surface area contributed by atoms with E-state index in [2.05, 4.69) is 0 Å². The molecule has 126 valence electrons. The van der Waals surface area contributed by atoms with E-state index in [-0.39, 0.29) is 17.8 Å². The maximum Gasteiger partial charge on any atom is 0.305 e. The number of carbonyl (C=O) groups excluding carboxylic acids is 3. The Morgan fingerprint density at radius 1 is 1.33 bits per heavy atom. The molecule has 0 aliphatic carbocycles. The van der Waals surface area contributed by atoms with Crippen molar-refractivity contribution >= 4 is 29.1 Å². The molecule has 1 N–H and O–H groups in total. The van der Waals surface area contributed by atoms with Crippen LogP contribution in [0.3, 0.4) is 0 Å². The van der Waals surface area contributed by atoms with Gasteiger partial charge in [0.05, 0.1) is 17.4 Å². The number of likely N-dealkylation sites (tertiary alicyclic amines) is 1. The van der Waals surface area contributed by atoms with Crippen molar-refractivity contribution in [2.75, 3.05) is 6.54 Å². The van der Waals surface area contributed by atoms with E-state index in [0.717, 1.165) is 11.8 Å². The first-order valence-corrected chi connectivity index (χ1v) is 7.05. The van der Waals surface area contributed by atoms with Crippen molar-refractivity contribution < 1.29 is 29.2 Å². The fourth-order valence-corrected chi connectivity index (χ4v) is 2.78. The minimum absolute atomic E-state index is 0.244. The van der Waals surface area contributed by atoms with Gasteiger partial charge in [-0.3, -0.25) is 29.3 Å². The molecule has 1 aromatic carbocycles. The Bertz CT molecular complexity index is 743. The Labute approximate surface area is 136 Å². The third-order valence-electron chi connectivity index (χ3n) is 3.83. The summed E-state index contributed by atoms with van der Waals surface area (Å²) in [4.78, 5) is 58.1. The highest BCUT2D eigenvalue weighted by Gasteiger charge is 2.50. The number of hydrogen-bond acceptors (Lipinski definition) is 6. The summed E-state index contributed by atoms with van der Waals surface area (Å²) in [6, 6.07) is 4.23. The van der Waals surface area contributed by atoms with Crippen molar-refractivity contribution in [1.29, 1.82) is 0 Å². The molecule has 1 aliphatic rings. The van der Waals surface area contributed by atoms with E-state index < -0.39 is 46.7 Å². The molecule has 1 fully saturated rings. The van der Waals surface area contributed by atoms with Crippen molar-refractivity contribution in [2.45, 2.75) is 19.4 Å². The zero-order valence-corrected chi connectivity index (χ0v) is 12.7. The average molecular weight is 334 g/mol. The first kappa shape index (κ1) is 17.3. The van der Waals surface area contributed by atoms with Crippen LogP contribution in [0, 0.1) is 16.0 Å². The number of aliphatic carboxylic acids is 1. The van der Waals surface area contributed by atoms with Gasteiger partial charge in [0, 0.05) is 18.7 Å². The van der Waals surface area contributed by atoms with E-state index in [0.29, 0.717) is 0 Å². The number of ketones is 2. The standard InChI is InChI=1S/C15H14N2O7/c1-8(18)12-13(9-3-2-4-10(7-9)17(23)24)16(6-5-11(19)20)15(22)14(12)21/h2-4,7,12-13H,5-6H2,1H3,(H,19,20)/t12?,13-/m1/s1. The summed E-state index contributed by atoms with van der Waals surface area (Å²) < 4.78 is 0. The largest absolute Gasteiger partial charge is 0.481 e. The molecule has 24 heavy (non-hydrogen) atoms. The molecule has 1 aromatic rings. The minimum Gasteiger partial charge on any atom is -0.481 e. The first-order valence-electron chi connectivity index (χ1n) is 7.05. The third kappa shape index (κ3) is 3.14. The molecule has 0 spiro atoms. The predicted molar refractivity (Wildman–Crippen MR) is 79.0 cm³/mol. The maximum absolute atomic E-state index is 12.1. The van der Waals surface area contributed by atoms with Crippen molar-refractivity contribution in [3.63, 3.8) is 0 Å². The lowest BCUT2D eigenvalue weighted by Crippen LogP contribution is -2.32. The Hall–Kier alpha value is -3.10. The number of nitro groups is 1. The first-order chi connectivity index (χ1) is 11.2. The fourth-order valence-electron chi connectivity index (χ4n) is 2.78. The van der Waals surface area contributed by atoms with Crippen LogP contribution in [0.4, 0.5) is 5.69 Å². The lowest BCUT2D eigenvalue weighted by molar-refractivity contribution is -0.385. The summed E-state index contributed by atoms with van der Waals surface area (Å²) in [6.45, 7) is 0.887. The van der Waals surface area contributed by atoms with Gasteiger partial charge < -0.3 is 10.0 Å². The van der Waals surface area contributed by atoms with Crippen molar-refractivity contribution in [1.82, 2.24) is 4.90 Å². The number of amides is 1. The van der Waals surface area contributed by atoms with Gasteiger partial charge in [0.25, 0.3) is 11.6 Å². The van der Waals surface area contributed by atoms with Crippen molar-refractivity contribution in [2.24, 2.45) is 5.92 Å². The SMILES string of the molecule is CC(=O)C1C(=O)C(=O)N(CCC(=O)O)[C@@H]1c1cccc([N+](=O)[O-])c1. The van der Waals surface area contributed by atoms with E-state index in [1.807, 2.05) is 0 Å². The number of hydrogen-bond donors (Lipinski definition) is 1. The summed E-state index contributed by atoms with van der Waals surface area (Å²) in [5.41, 5.74) is -0.00577. The Kier molecular flexibility index (Phi) is 4.72. The molecule has 0 bridgehead atoms. The van der Waals surface area contributed by atoms with E-state index in [1.54, 1.807) is 0 Å². The molecule has 9 heteroatoms. The normalized spacial score (nSPS) is 20.3. The maximum atomic E-state index is 12.1. The van der Waals surface area contributed by atoms with Gasteiger partial charge in [0.2, 0.25) is 5.78 Å². The molecular formula is C15H14N2O7. The van der Waals surface area contributed by atoms with Crippen LogP contribution in [0.1, 0.15) is 24.9 Å². The molecule has 2 rings (SSSR count). The van der Waals surface area contributed by atoms with Gasteiger partial charge in [-0.1, -0.05) is 12.1 Å². The van der Waals surface area contributed by atoms with Gasteiger partial charge in [-0.25, -0.2) is 0 Å². The van der Waals surface area contributed by atoms with Crippen molar-refractivity contribution in [3.05, 3.63) is 39.9 Å². The minimum atomic E-state index is -1.30. The van der Waals surface area contributed by atoms with Crippen LogP contribution in [-0.4, -0.2) is 44.9 Å². The van der Waals surface area contributed by atoms with Crippen LogP contribution >= 0.6 is 0 Å². The molecule has 1 unspecified atom stereocenters. The van der Waals surface area contributed by atoms with Crippen LogP contribution in [0.5, 0.6) is 0 Å². The highest BCUT2D eigenvalue weighted by Crippen LogP contribution is 2.37. The lowest BCUT2D eigenvalue weighted by atomic mass is 9.89. The molecule has 0 radical (unpaired) electrons. The molecule has 1 amide bonds. The molecular weight excluding hydrogens is 320 g/mol. The van der Waals surface area contributed by atoms with Crippen LogP contribution < -0.4 is 0 Å². The van der Waals surface area contributed by atoms with Gasteiger partial charge in [-0.05, 0) is 12.5 Å². The molecule has 1 saturated heterocycles. The summed E-state index contributed by atoms with van der Waals surface area (Å²) in [5.74, 6) is -4.90. The smallest absolute Gasteiger partial charge is 0.305 e. The van der Waals surface area contributed by atoms with E-state index >= 15 is 0 Å². The monoisotopic (exact) mass is 334 g/mol. The second kappa shape index (κ2) is 6.57. The summed E-state index contributed by atoms with van der Waals surface area (Å²) in [7, 11) is 0. The van der Waals surface area contributed by atoms with Gasteiger partial charge in [-0.15, -0.1) is 0 Å². The summed E-state index contributed by atoms with van der Waals surface area (Å²) in [6.07, 6.45) is -0.408. The molecule has 9 nitrogen and oxygen atoms in total. The average Bonchev–Trinajstić information content (AvgIpc) is 2.77. The summed E-state index contributed by atoms with van der Waals surface area (Å²) >= 11 is 0. The fraction of sp³-hybridized carbons (Fsp3) is 0.333. The third-order valence-corrected chi connectivity index (χ3v) is 3.83. The summed E-state index contributed by atoms with van der Waals surface area (Å²) in [5, 5.41) is 19.7. The predicted octanol–water partition coefficient (Wildman–Crippen LogP) is 0.727. The molecule has 1 aliphatic heterocycles. The number of rotatable bonds is 6. The van der Waals surface area contributed by atoms with Crippen LogP contribution in [0.15, 0.2) is 24.3 Å². The van der Waals surface area contributed by atoms with Crippen molar-refractivity contribution in [3.8, 4) is 0 Å². The Morgan fingerprint density at radius 2 is 2.00 bits per heavy atom. The van der Waals surface area contributed by atoms with Crippen LogP contribution in [0.25, 0.3) is 0 Å². The highest BCUT2D eigenvalue weighted by molar-refractivity contribution is 6.42. The Balaban J connectivity index is 2.49. The number of Topliss-reactive ketones (excluding diaryl/α,β-unsaturated/α-hetero) is 2. The highest BCUT2D eigenvalue weighted by atomic mass is 16.6. The number of nitrogens with zero attached hydrogens (tertiary/aromatic N) is 2. The second-order valence-corrected chi connectivity index (χ2v) is 5.39. The van der Waals surface area contributed by atoms with Gasteiger partial charge >= 0.3 is 5.97 Å². The van der Waals surface area contributed by atoms with E-state index in [1.165, 1.54) is 24.3 Å². The number of carbonyl (C=O) groups is 4. The van der Waals surface area contributed by atoms with Gasteiger partial charge in [0.1, 0.15) is 11.7 Å². The van der Waals surface area contributed by atoms with E-state index in [4.69, 9.17) is 5.11 Å². The van der Waals surface area contributed by atoms with Gasteiger partial charge in [0.15, 0.2) is 0 Å². The van der Waals surface area contributed by atoms with E-state index in [9.17, 15) is 29.3 Å².